The number of fused-ring (bicyclic) bond motifs is 5. The highest BCUT2D eigenvalue weighted by atomic mass is 28.3. The third-order valence-corrected chi connectivity index (χ3v) is 23.1. The predicted molar refractivity (Wildman–Crippen MR) is 289 cm³/mol. The SMILES string of the molecule is c1ccc([Si](c2ccccc2)(c2ccccc2)c2cccc(-c3nc(-c4cccc(N5C6CC7CC(C6)CC5C7)c4)nc(-n4c5ccccc5c5cc(N6C7CCC8CC6CC8C7)ccc54)n3)c2)cc1. The second-order valence-electron chi connectivity index (χ2n) is 22.0. The van der Waals surface area contributed by atoms with E-state index in [-0.39, 0.29) is 0 Å². The lowest BCUT2D eigenvalue weighted by Crippen LogP contribution is -2.74. The third kappa shape index (κ3) is 6.39. The molecule has 7 heteroatoms. The molecule has 3 aliphatic heterocycles. The van der Waals surface area contributed by atoms with Crippen LogP contribution in [0.1, 0.15) is 64.2 Å². The lowest BCUT2D eigenvalue weighted by atomic mass is 9.63. The van der Waals surface area contributed by atoms with Crippen molar-refractivity contribution in [3.05, 3.63) is 182 Å². The molecule has 4 atom stereocenters. The summed E-state index contributed by atoms with van der Waals surface area (Å²) < 4.78 is 2.32. The Morgan fingerprint density at radius 1 is 0.371 bits per heavy atom. The summed E-state index contributed by atoms with van der Waals surface area (Å²) >= 11 is 0. The summed E-state index contributed by atoms with van der Waals surface area (Å²) in [4.78, 5) is 22.3. The van der Waals surface area contributed by atoms with Gasteiger partial charge in [0.15, 0.2) is 19.7 Å². The maximum atomic E-state index is 5.59. The summed E-state index contributed by atoms with van der Waals surface area (Å²) in [6.07, 6.45) is 13.5. The molecule has 70 heavy (non-hydrogen) atoms. The molecule has 2 aromatic heterocycles. The van der Waals surface area contributed by atoms with Crippen LogP contribution in [-0.4, -0.2) is 51.8 Å². The molecule has 6 nitrogen and oxygen atoms in total. The zero-order valence-corrected chi connectivity index (χ0v) is 40.7. The van der Waals surface area contributed by atoms with Crippen LogP contribution in [0.4, 0.5) is 11.4 Å². The van der Waals surface area contributed by atoms with Crippen LogP contribution in [-0.2, 0) is 0 Å². The van der Waals surface area contributed by atoms with E-state index in [9.17, 15) is 0 Å². The van der Waals surface area contributed by atoms with E-state index in [1.807, 2.05) is 0 Å². The number of hydrogen-bond acceptors (Lipinski definition) is 5. The molecule has 4 unspecified atom stereocenters. The molecule has 7 bridgehead atoms. The Morgan fingerprint density at radius 2 is 0.900 bits per heavy atom. The maximum Gasteiger partial charge on any atom is 0.238 e. The highest BCUT2D eigenvalue weighted by molar-refractivity contribution is 7.19. The number of hydrogen-bond donors (Lipinski definition) is 0. The van der Waals surface area contributed by atoms with Gasteiger partial charge in [0.2, 0.25) is 5.95 Å². The lowest BCUT2D eigenvalue weighted by molar-refractivity contribution is 0.0900. The van der Waals surface area contributed by atoms with Crippen LogP contribution in [0.15, 0.2) is 182 Å². The Labute approximate surface area is 412 Å². The molecule has 5 heterocycles. The van der Waals surface area contributed by atoms with Crippen LogP contribution in [0.3, 0.4) is 0 Å². The van der Waals surface area contributed by atoms with Gasteiger partial charge in [0.1, 0.15) is 0 Å². The first-order chi connectivity index (χ1) is 34.6. The number of piperidine rings is 3. The van der Waals surface area contributed by atoms with Crippen LogP contribution >= 0.6 is 0 Å². The minimum atomic E-state index is -2.84. The normalized spacial score (nSPS) is 25.4. The van der Waals surface area contributed by atoms with Crippen molar-refractivity contribution in [2.24, 2.45) is 23.7 Å². The van der Waals surface area contributed by atoms with E-state index in [2.05, 4.69) is 196 Å². The summed E-state index contributed by atoms with van der Waals surface area (Å²) in [7, 11) is -2.84. The van der Waals surface area contributed by atoms with Crippen molar-refractivity contribution in [2.75, 3.05) is 9.80 Å². The maximum absolute atomic E-state index is 5.59. The van der Waals surface area contributed by atoms with Gasteiger partial charge < -0.3 is 9.80 Å². The van der Waals surface area contributed by atoms with Gasteiger partial charge in [0.05, 0.1) is 11.0 Å². The molecule has 4 aliphatic carbocycles. The molecule has 4 saturated carbocycles. The monoisotopic (exact) mass is 926 g/mol. The molecule has 344 valence electrons. The van der Waals surface area contributed by atoms with Gasteiger partial charge >= 0.3 is 0 Å². The number of aromatic nitrogens is 4. The Kier molecular flexibility index (Phi) is 9.43. The van der Waals surface area contributed by atoms with Gasteiger partial charge in [0, 0.05) is 57.4 Å². The standard InChI is InChI=1S/C63H58N6Si/c1-4-17-53(18-5-1)70(54-19-6-2-7-20-54,55-21-8-3-9-22-55)56-23-13-15-45(39-56)62-64-61(44-14-12-16-47(36-44)68-50-31-41-30-42(33-50)34-51(68)32-41)65-63(66-62)69-59-25-11-10-24-57(59)58-40-49(28-29-60(58)69)67-48-27-26-43-35-52(67)38-46(43)37-48/h1-25,28-29,36,39-43,46,48,50-52H,26-27,30-35,37-38H2. The molecule has 0 spiro atoms. The molecule has 16 rings (SSSR count). The van der Waals surface area contributed by atoms with E-state index >= 15 is 0 Å². The fourth-order valence-electron chi connectivity index (χ4n) is 15.7. The fourth-order valence-corrected chi connectivity index (χ4v) is 20.5. The van der Waals surface area contributed by atoms with E-state index in [0.29, 0.717) is 41.8 Å². The molecular weight excluding hydrogens is 869 g/mol. The lowest BCUT2D eigenvalue weighted by Gasteiger charge is -2.57. The zero-order valence-electron chi connectivity index (χ0n) is 39.7. The number of para-hydroxylation sites is 1. The van der Waals surface area contributed by atoms with Gasteiger partial charge in [-0.2, -0.15) is 9.97 Å². The van der Waals surface area contributed by atoms with Gasteiger partial charge in [0.25, 0.3) is 0 Å². The van der Waals surface area contributed by atoms with Crippen molar-refractivity contribution in [1.82, 2.24) is 19.5 Å². The summed E-state index contributed by atoms with van der Waals surface area (Å²) in [6.45, 7) is 0. The molecular formula is C63H58N6Si. The van der Waals surface area contributed by atoms with Gasteiger partial charge in [-0.1, -0.05) is 146 Å². The van der Waals surface area contributed by atoms with E-state index in [1.165, 1.54) is 107 Å². The summed E-state index contributed by atoms with van der Waals surface area (Å²) in [5.41, 5.74) is 6.95. The first-order valence-corrected chi connectivity index (χ1v) is 28.4. The summed E-state index contributed by atoms with van der Waals surface area (Å²) in [5.74, 6) is 5.68. The van der Waals surface area contributed by atoms with Crippen molar-refractivity contribution < 1.29 is 0 Å². The van der Waals surface area contributed by atoms with Gasteiger partial charge in [-0.3, -0.25) is 4.57 Å². The molecule has 7 fully saturated rings. The first kappa shape index (κ1) is 41.0. The number of anilines is 2. The number of benzene rings is 7. The molecule has 3 saturated heterocycles. The van der Waals surface area contributed by atoms with Crippen LogP contribution in [0, 0.1) is 23.7 Å². The Bertz CT molecular complexity index is 3310. The van der Waals surface area contributed by atoms with E-state index in [1.54, 1.807) is 0 Å². The highest BCUT2D eigenvalue weighted by Crippen LogP contribution is 2.53. The largest absolute Gasteiger partial charge is 0.366 e. The Hall–Kier alpha value is -6.83. The van der Waals surface area contributed by atoms with Crippen LogP contribution in [0.2, 0.25) is 0 Å². The van der Waals surface area contributed by atoms with Crippen LogP contribution in [0.25, 0.3) is 50.5 Å². The second kappa shape index (κ2) is 16.1. The fraction of sp³-hybridized carbons (Fsp3) is 0.286. The second-order valence-corrected chi connectivity index (χ2v) is 25.8. The van der Waals surface area contributed by atoms with Crippen LogP contribution < -0.4 is 30.5 Å². The molecule has 0 N–H and O–H groups in total. The van der Waals surface area contributed by atoms with E-state index in [0.717, 1.165) is 45.8 Å². The van der Waals surface area contributed by atoms with Crippen LogP contribution in [0.5, 0.6) is 0 Å². The molecule has 0 radical (unpaired) electrons. The average molecular weight is 927 g/mol. The smallest absolute Gasteiger partial charge is 0.238 e. The minimum Gasteiger partial charge on any atom is -0.366 e. The predicted octanol–water partition coefficient (Wildman–Crippen LogP) is 11.2. The number of rotatable bonds is 9. The third-order valence-electron chi connectivity index (χ3n) is 18.3. The van der Waals surface area contributed by atoms with Crippen molar-refractivity contribution in [3.63, 3.8) is 0 Å². The van der Waals surface area contributed by atoms with E-state index < -0.39 is 8.07 Å². The van der Waals surface area contributed by atoms with Crippen molar-refractivity contribution in [2.45, 2.75) is 88.4 Å². The quantitative estimate of drug-likeness (QED) is 0.107. The van der Waals surface area contributed by atoms with Crippen molar-refractivity contribution in [1.29, 1.82) is 0 Å². The van der Waals surface area contributed by atoms with Crippen molar-refractivity contribution >= 4 is 62.0 Å². The number of nitrogens with zero attached hydrogens (tertiary/aromatic N) is 6. The molecule has 9 aromatic rings. The Balaban J connectivity index is 0.927. The van der Waals surface area contributed by atoms with Gasteiger partial charge in [-0.25, -0.2) is 4.98 Å². The molecule has 7 aromatic carbocycles. The van der Waals surface area contributed by atoms with Gasteiger partial charge in [-0.05, 0) is 145 Å². The Morgan fingerprint density at radius 3 is 1.59 bits per heavy atom. The molecule has 0 amide bonds. The van der Waals surface area contributed by atoms with E-state index in [4.69, 9.17) is 15.0 Å². The van der Waals surface area contributed by atoms with Crippen molar-refractivity contribution in [3.8, 4) is 28.7 Å². The topological polar surface area (TPSA) is 50.1 Å². The summed E-state index contributed by atoms with van der Waals surface area (Å²) in [6, 6.07) is 70.6. The highest BCUT2D eigenvalue weighted by Gasteiger charge is 2.49. The molecule has 7 aliphatic rings. The first-order valence-electron chi connectivity index (χ1n) is 26.4. The van der Waals surface area contributed by atoms with Gasteiger partial charge in [-0.15, -0.1) is 0 Å². The minimum absolute atomic E-state index is 0.625. The average Bonchev–Trinajstić information content (AvgIpc) is 3.88. The summed E-state index contributed by atoms with van der Waals surface area (Å²) in [5, 5.41) is 7.80. The zero-order chi connectivity index (χ0) is 45.9.